The summed E-state index contributed by atoms with van der Waals surface area (Å²) in [5, 5.41) is 3.95. The molecular weight excluding hydrogens is 256 g/mol. The molecule has 0 amide bonds. The largest absolute Gasteiger partial charge is 0.497 e. The van der Waals surface area contributed by atoms with Gasteiger partial charge in [-0.15, -0.1) is 0 Å². The fourth-order valence-corrected chi connectivity index (χ4v) is 1.81. The first-order chi connectivity index (χ1) is 9.78. The third-order valence-corrected chi connectivity index (χ3v) is 2.85. The molecule has 6 nitrogen and oxygen atoms in total. The van der Waals surface area contributed by atoms with Gasteiger partial charge in [0.25, 0.3) is 5.89 Å². The molecule has 0 aliphatic heterocycles. The molecule has 0 fully saturated rings. The Kier molecular flexibility index (Phi) is 3.04. The zero-order valence-corrected chi connectivity index (χ0v) is 10.8. The first-order valence-corrected chi connectivity index (χ1v) is 5.96. The Bertz CT molecular complexity index is 725. The zero-order valence-electron chi connectivity index (χ0n) is 10.8. The van der Waals surface area contributed by atoms with Crippen LogP contribution in [-0.4, -0.2) is 22.2 Å². The molecular formula is C14H12N4O2. The molecule has 0 saturated carbocycles. The SMILES string of the molecule is COc1ccc(-c2nc(-c3ccncc3)no2)c(N)c1. The minimum atomic E-state index is 0.372. The Balaban J connectivity index is 1.98. The van der Waals surface area contributed by atoms with Gasteiger partial charge in [0.2, 0.25) is 5.82 Å². The molecule has 0 unspecified atom stereocenters. The van der Waals surface area contributed by atoms with Crippen LogP contribution in [0.15, 0.2) is 47.2 Å². The fraction of sp³-hybridized carbons (Fsp3) is 0.0714. The average molecular weight is 268 g/mol. The number of nitrogens with zero attached hydrogens (tertiary/aromatic N) is 3. The number of nitrogens with two attached hydrogens (primary N) is 1. The predicted octanol–water partition coefficient (Wildman–Crippen LogP) is 2.39. The van der Waals surface area contributed by atoms with Crippen molar-refractivity contribution in [3.8, 4) is 28.6 Å². The van der Waals surface area contributed by atoms with Crippen molar-refractivity contribution < 1.29 is 9.26 Å². The molecule has 0 bridgehead atoms. The normalized spacial score (nSPS) is 10.4. The van der Waals surface area contributed by atoms with Crippen LogP contribution in [0.3, 0.4) is 0 Å². The lowest BCUT2D eigenvalue weighted by molar-refractivity contribution is 0.414. The summed E-state index contributed by atoms with van der Waals surface area (Å²) >= 11 is 0. The third kappa shape index (κ3) is 2.18. The topological polar surface area (TPSA) is 87.1 Å². The van der Waals surface area contributed by atoms with Crippen LogP contribution >= 0.6 is 0 Å². The van der Waals surface area contributed by atoms with Gasteiger partial charge < -0.3 is 15.0 Å². The second-order valence-corrected chi connectivity index (χ2v) is 4.11. The van der Waals surface area contributed by atoms with Crippen molar-refractivity contribution in [2.24, 2.45) is 0 Å². The van der Waals surface area contributed by atoms with Crippen LogP contribution in [0.25, 0.3) is 22.8 Å². The summed E-state index contributed by atoms with van der Waals surface area (Å²) in [6.45, 7) is 0. The van der Waals surface area contributed by atoms with E-state index in [1.165, 1.54) is 0 Å². The predicted molar refractivity (Wildman–Crippen MR) is 73.9 cm³/mol. The number of rotatable bonds is 3. The summed E-state index contributed by atoms with van der Waals surface area (Å²) in [4.78, 5) is 8.29. The minimum Gasteiger partial charge on any atom is -0.497 e. The first kappa shape index (κ1) is 12.2. The van der Waals surface area contributed by atoms with Gasteiger partial charge in [0.15, 0.2) is 0 Å². The summed E-state index contributed by atoms with van der Waals surface area (Å²) in [6.07, 6.45) is 3.35. The number of nitrogen functional groups attached to an aromatic ring is 1. The lowest BCUT2D eigenvalue weighted by Crippen LogP contribution is -1.92. The number of benzene rings is 1. The molecule has 0 aliphatic carbocycles. The summed E-state index contributed by atoms with van der Waals surface area (Å²) < 4.78 is 10.4. The second-order valence-electron chi connectivity index (χ2n) is 4.11. The quantitative estimate of drug-likeness (QED) is 0.734. The van der Waals surface area contributed by atoms with E-state index >= 15 is 0 Å². The van der Waals surface area contributed by atoms with E-state index in [1.807, 2.05) is 12.1 Å². The first-order valence-electron chi connectivity index (χ1n) is 5.96. The van der Waals surface area contributed by atoms with E-state index in [4.69, 9.17) is 15.0 Å². The zero-order chi connectivity index (χ0) is 13.9. The Morgan fingerprint density at radius 1 is 1.15 bits per heavy atom. The van der Waals surface area contributed by atoms with Crippen LogP contribution in [-0.2, 0) is 0 Å². The Hall–Kier alpha value is -2.89. The maximum Gasteiger partial charge on any atom is 0.260 e. The van der Waals surface area contributed by atoms with Gasteiger partial charge >= 0.3 is 0 Å². The van der Waals surface area contributed by atoms with E-state index in [-0.39, 0.29) is 0 Å². The van der Waals surface area contributed by atoms with E-state index in [2.05, 4.69) is 15.1 Å². The Morgan fingerprint density at radius 2 is 1.95 bits per heavy atom. The molecule has 6 heteroatoms. The van der Waals surface area contributed by atoms with Gasteiger partial charge in [-0.25, -0.2) is 0 Å². The highest BCUT2D eigenvalue weighted by Gasteiger charge is 2.13. The number of pyridine rings is 1. The molecule has 0 radical (unpaired) electrons. The molecule has 100 valence electrons. The highest BCUT2D eigenvalue weighted by Crippen LogP contribution is 2.29. The second kappa shape index (κ2) is 5.00. The monoisotopic (exact) mass is 268 g/mol. The van der Waals surface area contributed by atoms with Crippen molar-refractivity contribution >= 4 is 5.69 Å². The highest BCUT2D eigenvalue weighted by molar-refractivity contribution is 5.72. The molecule has 3 rings (SSSR count). The van der Waals surface area contributed by atoms with Gasteiger partial charge in [0.1, 0.15) is 5.75 Å². The van der Waals surface area contributed by atoms with Crippen LogP contribution in [0.2, 0.25) is 0 Å². The summed E-state index contributed by atoms with van der Waals surface area (Å²) in [7, 11) is 1.59. The smallest absolute Gasteiger partial charge is 0.260 e. The van der Waals surface area contributed by atoms with Crippen LogP contribution in [0.5, 0.6) is 5.75 Å². The van der Waals surface area contributed by atoms with Gasteiger partial charge in [-0.3, -0.25) is 4.98 Å². The summed E-state index contributed by atoms with van der Waals surface area (Å²) in [5.41, 5.74) is 8.00. The lowest BCUT2D eigenvalue weighted by Gasteiger charge is -2.03. The van der Waals surface area contributed by atoms with Crippen molar-refractivity contribution in [1.82, 2.24) is 15.1 Å². The van der Waals surface area contributed by atoms with Gasteiger partial charge in [-0.05, 0) is 24.3 Å². The minimum absolute atomic E-state index is 0.372. The fourth-order valence-electron chi connectivity index (χ4n) is 1.81. The lowest BCUT2D eigenvalue weighted by atomic mass is 10.1. The maximum absolute atomic E-state index is 5.96. The third-order valence-electron chi connectivity index (χ3n) is 2.85. The summed E-state index contributed by atoms with van der Waals surface area (Å²) in [6, 6.07) is 8.92. The van der Waals surface area contributed by atoms with E-state index < -0.39 is 0 Å². The van der Waals surface area contributed by atoms with E-state index in [0.717, 1.165) is 5.56 Å². The molecule has 0 atom stereocenters. The van der Waals surface area contributed by atoms with Gasteiger partial charge in [-0.2, -0.15) is 4.98 Å². The van der Waals surface area contributed by atoms with Gasteiger partial charge in [0.05, 0.1) is 12.7 Å². The van der Waals surface area contributed by atoms with Crippen molar-refractivity contribution in [3.63, 3.8) is 0 Å². The van der Waals surface area contributed by atoms with Crippen LogP contribution in [0.4, 0.5) is 5.69 Å². The van der Waals surface area contributed by atoms with E-state index in [9.17, 15) is 0 Å². The molecule has 0 saturated heterocycles. The highest BCUT2D eigenvalue weighted by atomic mass is 16.5. The number of aromatic nitrogens is 3. The van der Waals surface area contributed by atoms with Crippen molar-refractivity contribution in [2.45, 2.75) is 0 Å². The van der Waals surface area contributed by atoms with Crippen LogP contribution < -0.4 is 10.5 Å². The molecule has 2 aromatic heterocycles. The van der Waals surface area contributed by atoms with Crippen molar-refractivity contribution in [3.05, 3.63) is 42.7 Å². The van der Waals surface area contributed by atoms with E-state index in [1.54, 1.807) is 37.7 Å². The average Bonchev–Trinajstić information content (AvgIpc) is 2.97. The Labute approximate surface area is 115 Å². The molecule has 2 heterocycles. The summed E-state index contributed by atoms with van der Waals surface area (Å²) in [5.74, 6) is 1.55. The standard InChI is InChI=1S/C14H12N4O2/c1-19-10-2-3-11(12(15)8-10)14-17-13(18-20-14)9-4-6-16-7-5-9/h2-8H,15H2,1H3. The number of ether oxygens (including phenoxy) is 1. The number of anilines is 1. The van der Waals surface area contributed by atoms with Crippen molar-refractivity contribution in [1.29, 1.82) is 0 Å². The van der Waals surface area contributed by atoms with Crippen LogP contribution in [0, 0.1) is 0 Å². The number of hydrogen-bond donors (Lipinski definition) is 1. The molecule has 20 heavy (non-hydrogen) atoms. The molecule has 3 aromatic rings. The molecule has 0 spiro atoms. The Morgan fingerprint density at radius 3 is 2.65 bits per heavy atom. The van der Waals surface area contributed by atoms with Crippen molar-refractivity contribution in [2.75, 3.05) is 12.8 Å². The van der Waals surface area contributed by atoms with E-state index in [0.29, 0.717) is 28.7 Å². The molecule has 1 aromatic carbocycles. The number of hydrogen-bond acceptors (Lipinski definition) is 6. The van der Waals surface area contributed by atoms with Gasteiger partial charge in [0, 0.05) is 29.7 Å². The number of methoxy groups -OCH3 is 1. The van der Waals surface area contributed by atoms with Crippen LogP contribution in [0.1, 0.15) is 0 Å². The molecule has 0 aliphatic rings. The van der Waals surface area contributed by atoms with Gasteiger partial charge in [-0.1, -0.05) is 5.16 Å². The molecule has 2 N–H and O–H groups in total. The maximum atomic E-state index is 5.96.